The number of aromatic hydroxyl groups is 1. The number of hydrogen-bond acceptors (Lipinski definition) is 6. The van der Waals surface area contributed by atoms with Crippen molar-refractivity contribution in [3.8, 4) is 5.75 Å². The van der Waals surface area contributed by atoms with E-state index in [-0.39, 0.29) is 16.3 Å². The third-order valence-corrected chi connectivity index (χ3v) is 5.53. The summed E-state index contributed by atoms with van der Waals surface area (Å²) in [6.45, 7) is -0.125. The fourth-order valence-electron chi connectivity index (χ4n) is 2.41. The van der Waals surface area contributed by atoms with E-state index >= 15 is 0 Å². The number of carbonyl (C=O) groups is 2. The van der Waals surface area contributed by atoms with Gasteiger partial charge in [-0.05, 0) is 53.2 Å². The Morgan fingerprint density at radius 2 is 1.93 bits per heavy atom. The first-order valence-electron chi connectivity index (χ1n) is 7.51. The van der Waals surface area contributed by atoms with E-state index in [1.807, 2.05) is 0 Å². The molecule has 0 saturated carbocycles. The molecule has 7 nitrogen and oxygen atoms in total. The van der Waals surface area contributed by atoms with E-state index in [9.17, 15) is 27.5 Å². The Bertz CT molecular complexity index is 1080. The number of halogens is 1. The third kappa shape index (κ3) is 4.18. The van der Waals surface area contributed by atoms with E-state index in [0.29, 0.717) is 22.9 Å². The van der Waals surface area contributed by atoms with Gasteiger partial charge in [0.25, 0.3) is 11.1 Å². The molecular weight excluding hydrogens is 395 g/mol. The van der Waals surface area contributed by atoms with Crippen LogP contribution in [0.4, 0.5) is 9.18 Å². The summed E-state index contributed by atoms with van der Waals surface area (Å²) in [6.07, 6.45) is 1.37. The number of benzene rings is 2. The van der Waals surface area contributed by atoms with Crippen LogP contribution in [0.5, 0.6) is 5.75 Å². The lowest BCUT2D eigenvalue weighted by atomic mass is 10.2. The largest absolute Gasteiger partial charge is 0.505 e. The van der Waals surface area contributed by atoms with Crippen LogP contribution in [0, 0.1) is 5.82 Å². The summed E-state index contributed by atoms with van der Waals surface area (Å²) < 4.78 is 36.0. The van der Waals surface area contributed by atoms with Gasteiger partial charge in [0.15, 0.2) is 11.6 Å². The highest BCUT2D eigenvalue weighted by Crippen LogP contribution is 2.34. The average molecular weight is 408 g/mol. The maximum atomic E-state index is 13.1. The van der Waals surface area contributed by atoms with Crippen molar-refractivity contribution in [2.24, 2.45) is 5.14 Å². The molecule has 0 unspecified atom stereocenters. The van der Waals surface area contributed by atoms with Gasteiger partial charge in [-0.25, -0.2) is 17.9 Å². The zero-order valence-electron chi connectivity index (χ0n) is 13.6. The van der Waals surface area contributed by atoms with Gasteiger partial charge < -0.3 is 5.11 Å². The SMILES string of the molecule is NS(=O)(=O)c1cccc(CN2C(=O)S/C(=C\c3ccc(F)c(O)c3)C2=O)c1. The predicted octanol–water partition coefficient (Wildman–Crippen LogP) is 2.42. The standard InChI is InChI=1S/C17H13FN2O5S2/c18-13-5-4-10(7-14(13)21)8-15-16(22)20(17(23)26-15)9-11-2-1-3-12(6-11)27(19,24)25/h1-8,21H,9H2,(H2,19,24,25)/b15-8-. The van der Waals surface area contributed by atoms with Gasteiger partial charge in [-0.2, -0.15) is 0 Å². The lowest BCUT2D eigenvalue weighted by Gasteiger charge is -2.13. The molecule has 140 valence electrons. The van der Waals surface area contributed by atoms with Gasteiger partial charge in [-0.1, -0.05) is 18.2 Å². The average Bonchev–Trinajstić information content (AvgIpc) is 2.85. The Labute approximate surface area is 158 Å². The molecule has 2 aromatic rings. The number of imide groups is 1. The molecule has 0 aliphatic carbocycles. The Morgan fingerprint density at radius 1 is 1.19 bits per heavy atom. The van der Waals surface area contributed by atoms with Gasteiger partial charge in [0.1, 0.15) is 0 Å². The predicted molar refractivity (Wildman–Crippen MR) is 97.4 cm³/mol. The molecule has 10 heteroatoms. The number of sulfonamides is 1. The van der Waals surface area contributed by atoms with E-state index in [0.717, 1.165) is 17.0 Å². The van der Waals surface area contributed by atoms with Crippen molar-refractivity contribution in [2.45, 2.75) is 11.4 Å². The molecule has 27 heavy (non-hydrogen) atoms. The summed E-state index contributed by atoms with van der Waals surface area (Å²) >= 11 is 0.696. The van der Waals surface area contributed by atoms with Crippen molar-refractivity contribution >= 4 is 39.0 Å². The zero-order valence-corrected chi connectivity index (χ0v) is 15.3. The minimum atomic E-state index is -3.90. The second kappa shape index (κ2) is 7.14. The van der Waals surface area contributed by atoms with E-state index < -0.39 is 32.7 Å². The van der Waals surface area contributed by atoms with E-state index in [1.165, 1.54) is 30.3 Å². The van der Waals surface area contributed by atoms with Crippen LogP contribution in [0.15, 0.2) is 52.3 Å². The van der Waals surface area contributed by atoms with Crippen molar-refractivity contribution < 1.29 is 27.5 Å². The number of hydrogen-bond donors (Lipinski definition) is 2. The molecule has 1 aliphatic heterocycles. The molecular formula is C17H13FN2O5S2. The monoisotopic (exact) mass is 408 g/mol. The Kier molecular flexibility index (Phi) is 5.05. The van der Waals surface area contributed by atoms with Gasteiger partial charge in [0, 0.05) is 0 Å². The molecule has 0 bridgehead atoms. The smallest absolute Gasteiger partial charge is 0.293 e. The van der Waals surface area contributed by atoms with Gasteiger partial charge >= 0.3 is 0 Å². The highest BCUT2D eigenvalue weighted by molar-refractivity contribution is 8.18. The first-order chi connectivity index (χ1) is 12.6. The first-order valence-corrected chi connectivity index (χ1v) is 9.87. The number of amides is 2. The number of nitrogens with two attached hydrogens (primary N) is 1. The van der Waals surface area contributed by atoms with Gasteiger partial charge in [0.2, 0.25) is 10.0 Å². The van der Waals surface area contributed by atoms with E-state index in [2.05, 4.69) is 0 Å². The number of phenols is 1. The van der Waals surface area contributed by atoms with Crippen LogP contribution >= 0.6 is 11.8 Å². The molecule has 1 fully saturated rings. The van der Waals surface area contributed by atoms with Crippen LogP contribution in [0.25, 0.3) is 6.08 Å². The minimum absolute atomic E-state index is 0.105. The molecule has 1 heterocycles. The number of nitrogens with zero attached hydrogens (tertiary/aromatic N) is 1. The third-order valence-electron chi connectivity index (χ3n) is 3.71. The van der Waals surface area contributed by atoms with Crippen molar-refractivity contribution in [1.82, 2.24) is 4.90 Å². The number of primary sulfonamides is 1. The van der Waals surface area contributed by atoms with Crippen molar-refractivity contribution in [2.75, 3.05) is 0 Å². The fourth-order valence-corrected chi connectivity index (χ4v) is 3.83. The minimum Gasteiger partial charge on any atom is -0.505 e. The summed E-state index contributed by atoms with van der Waals surface area (Å²) in [4.78, 5) is 25.6. The first kappa shape index (κ1) is 19.1. The maximum Gasteiger partial charge on any atom is 0.293 e. The molecule has 1 aliphatic rings. The van der Waals surface area contributed by atoms with Gasteiger partial charge in [0.05, 0.1) is 16.3 Å². The molecule has 0 atom stereocenters. The second-order valence-electron chi connectivity index (χ2n) is 5.67. The van der Waals surface area contributed by atoms with Crippen molar-refractivity contribution in [3.63, 3.8) is 0 Å². The highest BCUT2D eigenvalue weighted by Gasteiger charge is 2.35. The molecule has 3 N–H and O–H groups in total. The number of thioether (sulfide) groups is 1. The van der Waals surface area contributed by atoms with Crippen LogP contribution in [0.3, 0.4) is 0 Å². The summed E-state index contributed by atoms with van der Waals surface area (Å²) in [7, 11) is -3.90. The Balaban J connectivity index is 1.84. The lowest BCUT2D eigenvalue weighted by Crippen LogP contribution is -2.27. The quantitative estimate of drug-likeness (QED) is 0.750. The molecule has 1 saturated heterocycles. The van der Waals surface area contributed by atoms with Crippen LogP contribution in [0.2, 0.25) is 0 Å². The van der Waals surface area contributed by atoms with Crippen LogP contribution < -0.4 is 5.14 Å². The highest BCUT2D eigenvalue weighted by atomic mass is 32.2. The molecule has 2 aromatic carbocycles. The fraction of sp³-hybridized carbons (Fsp3) is 0.0588. The summed E-state index contributed by atoms with van der Waals surface area (Å²) in [5, 5.41) is 14.0. The maximum absolute atomic E-state index is 13.1. The van der Waals surface area contributed by atoms with Crippen molar-refractivity contribution in [1.29, 1.82) is 0 Å². The Morgan fingerprint density at radius 3 is 2.59 bits per heavy atom. The summed E-state index contributed by atoms with van der Waals surface area (Å²) in [5.41, 5.74) is 0.778. The van der Waals surface area contributed by atoms with E-state index in [1.54, 1.807) is 6.07 Å². The molecule has 2 amide bonds. The van der Waals surface area contributed by atoms with Crippen LogP contribution in [-0.4, -0.2) is 29.6 Å². The molecule has 0 radical (unpaired) electrons. The number of carbonyl (C=O) groups excluding carboxylic acids is 2. The lowest BCUT2D eigenvalue weighted by molar-refractivity contribution is -0.123. The topological polar surface area (TPSA) is 118 Å². The summed E-state index contributed by atoms with van der Waals surface area (Å²) in [5.74, 6) is -1.94. The van der Waals surface area contributed by atoms with Crippen LogP contribution in [0.1, 0.15) is 11.1 Å². The normalized spacial score (nSPS) is 16.4. The number of rotatable bonds is 4. The zero-order chi connectivity index (χ0) is 19.8. The number of phenolic OH excluding ortho intramolecular Hbond substituents is 1. The molecule has 0 spiro atoms. The Hall–Kier alpha value is -2.69. The molecule has 0 aromatic heterocycles. The molecule has 3 rings (SSSR count). The summed E-state index contributed by atoms with van der Waals surface area (Å²) in [6, 6.07) is 9.18. The van der Waals surface area contributed by atoms with Crippen LogP contribution in [-0.2, 0) is 21.4 Å². The van der Waals surface area contributed by atoms with Gasteiger partial charge in [-0.3, -0.25) is 14.5 Å². The van der Waals surface area contributed by atoms with Gasteiger partial charge in [-0.15, -0.1) is 0 Å². The van der Waals surface area contributed by atoms with E-state index in [4.69, 9.17) is 5.14 Å². The second-order valence-corrected chi connectivity index (χ2v) is 8.23. The van der Waals surface area contributed by atoms with Crippen molar-refractivity contribution in [3.05, 3.63) is 64.3 Å².